The van der Waals surface area contributed by atoms with Gasteiger partial charge in [0.25, 0.3) is 5.91 Å². The number of carbonyl (C=O) groups excluding carboxylic acids is 1. The molecule has 5 heteroatoms. The van der Waals surface area contributed by atoms with Gasteiger partial charge in [0.15, 0.2) is 6.61 Å². The zero-order valence-electron chi connectivity index (χ0n) is 14.6. The molecule has 1 N–H and O–H groups in total. The van der Waals surface area contributed by atoms with Crippen molar-refractivity contribution in [2.75, 3.05) is 11.9 Å². The van der Waals surface area contributed by atoms with Crippen LogP contribution in [0.25, 0.3) is 11.3 Å². The first-order valence-corrected chi connectivity index (χ1v) is 8.15. The maximum atomic E-state index is 12.1. The highest BCUT2D eigenvalue weighted by Gasteiger charge is 2.15. The lowest BCUT2D eigenvalue weighted by Crippen LogP contribution is -2.20. The first-order chi connectivity index (χ1) is 12.5. The van der Waals surface area contributed by atoms with Crippen LogP contribution in [-0.2, 0) is 4.79 Å². The van der Waals surface area contributed by atoms with Gasteiger partial charge in [0, 0.05) is 11.6 Å². The molecule has 1 heterocycles. The van der Waals surface area contributed by atoms with Crippen LogP contribution in [0.3, 0.4) is 0 Å². The highest BCUT2D eigenvalue weighted by atomic mass is 16.5. The zero-order valence-corrected chi connectivity index (χ0v) is 14.6. The summed E-state index contributed by atoms with van der Waals surface area (Å²) >= 11 is 0. The molecule has 0 radical (unpaired) electrons. The minimum Gasteiger partial charge on any atom is -0.484 e. The second kappa shape index (κ2) is 7.58. The number of nitrogens with zero attached hydrogens (tertiary/aromatic N) is 1. The number of anilines is 1. The molecule has 0 aliphatic carbocycles. The second-order valence-corrected chi connectivity index (χ2v) is 5.98. The molecule has 0 atom stereocenters. The normalized spacial score (nSPS) is 10.2. The topological polar surface area (TPSA) is 75.3 Å². The van der Waals surface area contributed by atoms with Gasteiger partial charge in [0.1, 0.15) is 23.1 Å². The molecule has 2 aromatic carbocycles. The van der Waals surface area contributed by atoms with E-state index in [1.54, 1.807) is 18.2 Å². The lowest BCUT2D eigenvalue weighted by Gasteiger charge is -2.06. The molecule has 5 nitrogen and oxygen atoms in total. The maximum absolute atomic E-state index is 12.1. The molecule has 3 aromatic rings. The molecule has 0 bridgehead atoms. The minimum absolute atomic E-state index is 0.126. The van der Waals surface area contributed by atoms with Crippen LogP contribution < -0.4 is 10.1 Å². The largest absolute Gasteiger partial charge is 0.484 e. The summed E-state index contributed by atoms with van der Waals surface area (Å²) in [5.74, 6) is 0.856. The predicted octanol–water partition coefficient (Wildman–Crippen LogP) is 4.45. The number of rotatable bonds is 5. The Morgan fingerprint density at radius 3 is 2.31 bits per heavy atom. The summed E-state index contributed by atoms with van der Waals surface area (Å²) in [6.45, 7) is 3.79. The van der Waals surface area contributed by atoms with Gasteiger partial charge < -0.3 is 9.15 Å². The maximum Gasteiger partial charge on any atom is 0.264 e. The summed E-state index contributed by atoms with van der Waals surface area (Å²) in [5, 5.41) is 11.9. The third-order valence-electron chi connectivity index (χ3n) is 3.83. The Morgan fingerprint density at radius 2 is 1.69 bits per heavy atom. The molecule has 1 aromatic heterocycles. The van der Waals surface area contributed by atoms with Crippen LogP contribution in [0.5, 0.6) is 5.75 Å². The molecule has 1 amide bonds. The van der Waals surface area contributed by atoms with E-state index in [2.05, 4.69) is 5.32 Å². The highest BCUT2D eigenvalue weighted by molar-refractivity contribution is 5.92. The van der Waals surface area contributed by atoms with E-state index in [0.29, 0.717) is 11.5 Å². The Balaban J connectivity index is 1.68. The summed E-state index contributed by atoms with van der Waals surface area (Å²) in [6, 6.07) is 18.8. The van der Waals surface area contributed by atoms with Gasteiger partial charge in [-0.25, -0.2) is 0 Å². The van der Waals surface area contributed by atoms with Crippen LogP contribution >= 0.6 is 0 Å². The van der Waals surface area contributed by atoms with Gasteiger partial charge in [-0.1, -0.05) is 47.5 Å². The summed E-state index contributed by atoms with van der Waals surface area (Å²) in [7, 11) is 0. The molecule has 0 aliphatic heterocycles. The minimum atomic E-state index is -0.396. The molecule has 0 unspecified atom stereocenters. The zero-order chi connectivity index (χ0) is 18.5. The van der Waals surface area contributed by atoms with Gasteiger partial charge in [-0.05, 0) is 26.0 Å². The van der Waals surface area contributed by atoms with E-state index in [4.69, 9.17) is 9.15 Å². The van der Waals surface area contributed by atoms with E-state index in [1.165, 1.54) is 0 Å². The SMILES string of the molecule is Cc1ccc(OCC(=O)Nc2oc(-c3ccc(C)cc3)cc2C#N)cc1. The number of ether oxygens (including phenoxy) is 1. The van der Waals surface area contributed by atoms with Crippen LogP contribution in [0.1, 0.15) is 16.7 Å². The molecule has 130 valence electrons. The fourth-order valence-electron chi connectivity index (χ4n) is 2.37. The summed E-state index contributed by atoms with van der Waals surface area (Å²) < 4.78 is 11.1. The average molecular weight is 346 g/mol. The van der Waals surface area contributed by atoms with Crippen molar-refractivity contribution >= 4 is 11.8 Å². The number of aryl methyl sites for hydroxylation is 2. The van der Waals surface area contributed by atoms with Crippen LogP contribution in [0.15, 0.2) is 59.0 Å². The molecule has 0 saturated heterocycles. The quantitative estimate of drug-likeness (QED) is 0.740. The number of furan rings is 1. The van der Waals surface area contributed by atoms with Gasteiger partial charge in [0.2, 0.25) is 5.88 Å². The van der Waals surface area contributed by atoms with E-state index < -0.39 is 5.91 Å². The molecular weight excluding hydrogens is 328 g/mol. The van der Waals surface area contributed by atoms with Gasteiger partial charge in [-0.15, -0.1) is 0 Å². The van der Waals surface area contributed by atoms with Crippen molar-refractivity contribution < 1.29 is 13.9 Å². The van der Waals surface area contributed by atoms with E-state index in [1.807, 2.05) is 56.3 Å². The Morgan fingerprint density at radius 1 is 1.08 bits per heavy atom. The summed E-state index contributed by atoms with van der Waals surface area (Å²) in [4.78, 5) is 12.1. The average Bonchev–Trinajstić information content (AvgIpc) is 3.04. The molecule has 3 rings (SSSR count). The van der Waals surface area contributed by atoms with Crippen molar-refractivity contribution in [3.63, 3.8) is 0 Å². The number of carbonyl (C=O) groups is 1. The molecular formula is C21H18N2O3. The van der Waals surface area contributed by atoms with Crippen molar-refractivity contribution in [1.29, 1.82) is 5.26 Å². The molecule has 0 aliphatic rings. The first-order valence-electron chi connectivity index (χ1n) is 8.15. The molecule has 26 heavy (non-hydrogen) atoms. The van der Waals surface area contributed by atoms with Gasteiger partial charge >= 0.3 is 0 Å². The van der Waals surface area contributed by atoms with Gasteiger partial charge in [-0.3, -0.25) is 10.1 Å². The number of nitrogens with one attached hydrogen (secondary N) is 1. The third kappa shape index (κ3) is 4.11. The fraction of sp³-hybridized carbons (Fsp3) is 0.143. The van der Waals surface area contributed by atoms with Crippen molar-refractivity contribution in [2.45, 2.75) is 13.8 Å². The third-order valence-corrected chi connectivity index (χ3v) is 3.83. The van der Waals surface area contributed by atoms with Crippen molar-refractivity contribution in [3.05, 3.63) is 71.3 Å². The van der Waals surface area contributed by atoms with Crippen molar-refractivity contribution in [2.24, 2.45) is 0 Å². The van der Waals surface area contributed by atoms with E-state index in [9.17, 15) is 10.1 Å². The molecule has 0 saturated carbocycles. The predicted molar refractivity (Wildman–Crippen MR) is 98.9 cm³/mol. The number of hydrogen-bond donors (Lipinski definition) is 1. The lowest BCUT2D eigenvalue weighted by atomic mass is 10.1. The molecule has 0 fully saturated rings. The Kier molecular flexibility index (Phi) is 5.04. The Bertz CT molecular complexity index is 948. The van der Waals surface area contributed by atoms with Crippen LogP contribution in [0.4, 0.5) is 5.88 Å². The Labute approximate surface area is 151 Å². The fourth-order valence-corrected chi connectivity index (χ4v) is 2.37. The monoisotopic (exact) mass is 346 g/mol. The van der Waals surface area contributed by atoms with E-state index in [0.717, 1.165) is 16.7 Å². The van der Waals surface area contributed by atoms with Crippen LogP contribution in [-0.4, -0.2) is 12.5 Å². The Hall–Kier alpha value is -3.52. The first kappa shape index (κ1) is 17.3. The smallest absolute Gasteiger partial charge is 0.264 e. The van der Waals surface area contributed by atoms with Crippen LogP contribution in [0.2, 0.25) is 0 Å². The number of hydrogen-bond acceptors (Lipinski definition) is 4. The number of benzene rings is 2. The molecule has 0 spiro atoms. The summed E-state index contributed by atoms with van der Waals surface area (Å²) in [5.41, 5.74) is 3.34. The lowest BCUT2D eigenvalue weighted by molar-refractivity contribution is -0.118. The second-order valence-electron chi connectivity index (χ2n) is 5.98. The van der Waals surface area contributed by atoms with Gasteiger partial charge in [-0.2, -0.15) is 5.26 Å². The standard InChI is InChI=1S/C21H18N2O3/c1-14-3-7-16(8-4-14)19-11-17(12-22)21(26-19)23-20(24)13-25-18-9-5-15(2)6-10-18/h3-11H,13H2,1-2H3,(H,23,24). The van der Waals surface area contributed by atoms with Crippen molar-refractivity contribution in [1.82, 2.24) is 0 Å². The van der Waals surface area contributed by atoms with Crippen LogP contribution in [0, 0.1) is 25.2 Å². The van der Waals surface area contributed by atoms with E-state index in [-0.39, 0.29) is 18.1 Å². The van der Waals surface area contributed by atoms with Crippen molar-refractivity contribution in [3.8, 4) is 23.1 Å². The number of amides is 1. The highest BCUT2D eigenvalue weighted by Crippen LogP contribution is 2.29. The van der Waals surface area contributed by atoms with Gasteiger partial charge in [0.05, 0.1) is 0 Å². The van der Waals surface area contributed by atoms with E-state index >= 15 is 0 Å². The number of nitriles is 1. The summed E-state index contributed by atoms with van der Waals surface area (Å²) in [6.07, 6.45) is 0.